The van der Waals surface area contributed by atoms with Gasteiger partial charge >= 0.3 is 0 Å². The molecule has 1 saturated carbocycles. The van der Waals surface area contributed by atoms with Gasteiger partial charge in [-0.05, 0) is 37.0 Å². The zero-order valence-electron chi connectivity index (χ0n) is 10.5. The summed E-state index contributed by atoms with van der Waals surface area (Å²) in [7, 11) is 0. The highest BCUT2D eigenvalue weighted by Crippen LogP contribution is 2.41. The van der Waals surface area contributed by atoms with Crippen LogP contribution in [0.15, 0.2) is 0 Å². The van der Waals surface area contributed by atoms with Gasteiger partial charge in [0.15, 0.2) is 0 Å². The fraction of sp³-hybridized carbons (Fsp3) is 1.00. The summed E-state index contributed by atoms with van der Waals surface area (Å²) in [6.07, 6.45) is 5.58. The third-order valence-corrected chi connectivity index (χ3v) is 5.13. The van der Waals surface area contributed by atoms with E-state index in [0.717, 1.165) is 17.2 Å². The number of hydrogen-bond acceptors (Lipinski definition) is 2. The molecule has 88 valence electrons. The summed E-state index contributed by atoms with van der Waals surface area (Å²) in [5, 5.41) is 5.47. The maximum absolute atomic E-state index is 3.84. The lowest BCUT2D eigenvalue weighted by Crippen LogP contribution is -2.38. The maximum Gasteiger partial charge on any atom is 0.0543 e. The minimum Gasteiger partial charge on any atom is -0.301 e. The van der Waals surface area contributed by atoms with Gasteiger partial charge in [-0.3, -0.25) is 0 Å². The van der Waals surface area contributed by atoms with E-state index in [1.807, 2.05) is 0 Å². The molecule has 0 radical (unpaired) electrons. The van der Waals surface area contributed by atoms with Crippen LogP contribution < -0.4 is 5.32 Å². The van der Waals surface area contributed by atoms with Crippen LogP contribution in [0.3, 0.4) is 0 Å². The van der Waals surface area contributed by atoms with Gasteiger partial charge in [0.25, 0.3) is 0 Å². The van der Waals surface area contributed by atoms with Crippen LogP contribution in [0.25, 0.3) is 0 Å². The van der Waals surface area contributed by atoms with Gasteiger partial charge in [-0.2, -0.15) is 0 Å². The van der Waals surface area contributed by atoms with Gasteiger partial charge in [-0.25, -0.2) is 0 Å². The van der Waals surface area contributed by atoms with Crippen molar-refractivity contribution in [2.75, 3.05) is 0 Å². The Balaban J connectivity index is 1.88. The van der Waals surface area contributed by atoms with Crippen LogP contribution in [-0.4, -0.2) is 16.7 Å². The third-order valence-electron chi connectivity index (χ3n) is 3.59. The van der Waals surface area contributed by atoms with E-state index in [9.17, 15) is 0 Å². The van der Waals surface area contributed by atoms with E-state index in [2.05, 4.69) is 44.8 Å². The lowest BCUT2D eigenvalue weighted by molar-refractivity contribution is 0.298. The summed E-state index contributed by atoms with van der Waals surface area (Å²) in [5.41, 5.74) is 0.462. The van der Waals surface area contributed by atoms with Crippen LogP contribution in [0.2, 0.25) is 0 Å². The molecule has 1 N–H and O–H groups in total. The van der Waals surface area contributed by atoms with Crippen LogP contribution in [-0.2, 0) is 0 Å². The Morgan fingerprint density at radius 1 is 1.27 bits per heavy atom. The highest BCUT2D eigenvalue weighted by molar-refractivity contribution is 8.00. The summed E-state index contributed by atoms with van der Waals surface area (Å²) in [4.78, 5) is 0. The summed E-state index contributed by atoms with van der Waals surface area (Å²) >= 11 is 2.21. The Labute approximate surface area is 98.8 Å². The normalized spacial score (nSPS) is 41.6. The predicted molar refractivity (Wildman–Crippen MR) is 69.2 cm³/mol. The highest BCUT2D eigenvalue weighted by Gasteiger charge is 2.38. The predicted octanol–water partition coefficient (Wildman–Crippen LogP) is 3.64. The van der Waals surface area contributed by atoms with Crippen molar-refractivity contribution in [1.82, 2.24) is 5.32 Å². The SMILES string of the molecule is CC1CCC2SC(CC(C)(C)C)NC2C1. The van der Waals surface area contributed by atoms with E-state index in [1.54, 1.807) is 0 Å². The first kappa shape index (κ1) is 11.8. The number of thioether (sulfide) groups is 1. The summed E-state index contributed by atoms with van der Waals surface area (Å²) < 4.78 is 0. The Kier molecular flexibility index (Phi) is 3.37. The van der Waals surface area contributed by atoms with E-state index in [0.29, 0.717) is 10.8 Å². The van der Waals surface area contributed by atoms with Crippen molar-refractivity contribution in [1.29, 1.82) is 0 Å². The molecule has 4 unspecified atom stereocenters. The molecule has 1 aliphatic heterocycles. The first-order valence-electron chi connectivity index (χ1n) is 6.35. The van der Waals surface area contributed by atoms with Crippen molar-refractivity contribution >= 4 is 11.8 Å². The lowest BCUT2D eigenvalue weighted by Gasteiger charge is -2.28. The number of nitrogens with one attached hydrogen (secondary N) is 1. The monoisotopic (exact) mass is 227 g/mol. The fourth-order valence-electron chi connectivity index (χ4n) is 2.84. The van der Waals surface area contributed by atoms with E-state index in [-0.39, 0.29) is 0 Å². The molecule has 15 heavy (non-hydrogen) atoms. The van der Waals surface area contributed by atoms with Crippen molar-refractivity contribution in [3.05, 3.63) is 0 Å². The third kappa shape index (κ3) is 3.13. The van der Waals surface area contributed by atoms with Crippen LogP contribution in [0, 0.1) is 11.3 Å². The van der Waals surface area contributed by atoms with Crippen LogP contribution in [0.1, 0.15) is 53.4 Å². The number of fused-ring (bicyclic) bond motifs is 1. The van der Waals surface area contributed by atoms with E-state index >= 15 is 0 Å². The topological polar surface area (TPSA) is 12.0 Å². The summed E-state index contributed by atoms with van der Waals surface area (Å²) in [6, 6.07) is 0.811. The second-order valence-electron chi connectivity index (χ2n) is 6.62. The smallest absolute Gasteiger partial charge is 0.0543 e. The molecular weight excluding hydrogens is 202 g/mol. The lowest BCUT2D eigenvalue weighted by atomic mass is 9.86. The summed E-state index contributed by atoms with van der Waals surface area (Å²) in [5.74, 6) is 0.938. The van der Waals surface area contributed by atoms with Crippen molar-refractivity contribution in [3.8, 4) is 0 Å². The van der Waals surface area contributed by atoms with E-state index < -0.39 is 0 Å². The highest BCUT2D eigenvalue weighted by atomic mass is 32.2. The minimum absolute atomic E-state index is 0.462. The van der Waals surface area contributed by atoms with Crippen molar-refractivity contribution in [3.63, 3.8) is 0 Å². The molecule has 0 bridgehead atoms. The maximum atomic E-state index is 3.84. The standard InChI is InChI=1S/C13H25NS/c1-9-5-6-11-10(7-9)14-12(15-11)8-13(2,3)4/h9-12,14H,5-8H2,1-4H3. The molecule has 2 fully saturated rings. The molecule has 0 aromatic carbocycles. The molecule has 2 aliphatic rings. The Morgan fingerprint density at radius 3 is 2.67 bits per heavy atom. The molecule has 0 amide bonds. The molecule has 0 spiro atoms. The van der Waals surface area contributed by atoms with Crippen LogP contribution >= 0.6 is 11.8 Å². The minimum atomic E-state index is 0.462. The average Bonchev–Trinajstić information content (AvgIpc) is 2.42. The molecular formula is C13H25NS. The van der Waals surface area contributed by atoms with Gasteiger partial charge in [0.2, 0.25) is 0 Å². The molecule has 1 aliphatic carbocycles. The van der Waals surface area contributed by atoms with Gasteiger partial charge in [0.05, 0.1) is 5.37 Å². The molecule has 1 saturated heterocycles. The second-order valence-corrected chi connectivity index (χ2v) is 8.07. The van der Waals surface area contributed by atoms with Gasteiger partial charge in [-0.15, -0.1) is 11.8 Å². The number of rotatable bonds is 1. The van der Waals surface area contributed by atoms with Crippen molar-refractivity contribution < 1.29 is 0 Å². The quantitative estimate of drug-likeness (QED) is 0.734. The first-order chi connectivity index (χ1) is 6.94. The molecule has 1 heterocycles. The zero-order valence-corrected chi connectivity index (χ0v) is 11.4. The molecule has 0 aromatic heterocycles. The van der Waals surface area contributed by atoms with Gasteiger partial charge < -0.3 is 5.32 Å². The Bertz CT molecular complexity index is 221. The van der Waals surface area contributed by atoms with Crippen molar-refractivity contribution in [2.45, 2.75) is 70.0 Å². The molecule has 2 rings (SSSR count). The largest absolute Gasteiger partial charge is 0.301 e. The van der Waals surface area contributed by atoms with Gasteiger partial charge in [0.1, 0.15) is 0 Å². The Hall–Kier alpha value is 0.310. The second kappa shape index (κ2) is 4.29. The van der Waals surface area contributed by atoms with Gasteiger partial charge in [0, 0.05) is 11.3 Å². The van der Waals surface area contributed by atoms with E-state index in [4.69, 9.17) is 0 Å². The molecule has 2 heteroatoms. The zero-order chi connectivity index (χ0) is 11.1. The Morgan fingerprint density at radius 2 is 2.00 bits per heavy atom. The number of hydrogen-bond donors (Lipinski definition) is 1. The van der Waals surface area contributed by atoms with Crippen LogP contribution in [0.5, 0.6) is 0 Å². The van der Waals surface area contributed by atoms with Gasteiger partial charge in [-0.1, -0.05) is 27.7 Å². The fourth-order valence-corrected chi connectivity index (χ4v) is 4.77. The molecule has 1 nitrogen and oxygen atoms in total. The molecule has 0 aromatic rings. The summed E-state index contributed by atoms with van der Waals surface area (Å²) in [6.45, 7) is 9.44. The van der Waals surface area contributed by atoms with Crippen molar-refractivity contribution in [2.24, 2.45) is 11.3 Å². The average molecular weight is 227 g/mol. The molecule has 4 atom stereocenters. The van der Waals surface area contributed by atoms with Crippen LogP contribution in [0.4, 0.5) is 0 Å². The van der Waals surface area contributed by atoms with E-state index in [1.165, 1.54) is 25.7 Å². The first-order valence-corrected chi connectivity index (χ1v) is 7.30.